The average molecular weight is 338 g/mol. The Morgan fingerprint density at radius 2 is 1.56 bits per heavy atom. The summed E-state index contributed by atoms with van der Waals surface area (Å²) in [5.41, 5.74) is 2.44. The van der Waals surface area contributed by atoms with Crippen LogP contribution in [0, 0.1) is 23.7 Å². The Hall–Kier alpha value is -1.64. The van der Waals surface area contributed by atoms with Gasteiger partial charge < -0.3 is 5.11 Å². The largest absolute Gasteiger partial charge is 0.492 e. The highest BCUT2D eigenvalue weighted by Gasteiger charge is 2.50. The summed E-state index contributed by atoms with van der Waals surface area (Å²) in [6.45, 7) is 5.26. The van der Waals surface area contributed by atoms with Gasteiger partial charge in [0.2, 0.25) is 5.88 Å². The third-order valence-corrected chi connectivity index (χ3v) is 7.17. The summed E-state index contributed by atoms with van der Waals surface area (Å²) in [6.07, 6.45) is 7.02. The molecule has 0 aliphatic heterocycles. The van der Waals surface area contributed by atoms with Crippen molar-refractivity contribution in [3.05, 3.63) is 41.6 Å². The van der Waals surface area contributed by atoms with Gasteiger partial charge in [-0.1, -0.05) is 44.2 Å². The zero-order valence-corrected chi connectivity index (χ0v) is 15.4. The van der Waals surface area contributed by atoms with E-state index in [0.29, 0.717) is 17.8 Å². The van der Waals surface area contributed by atoms with Gasteiger partial charge in [0.15, 0.2) is 0 Å². The molecule has 0 radical (unpaired) electrons. The van der Waals surface area contributed by atoms with Crippen LogP contribution in [-0.2, 0) is 6.54 Å². The predicted molar refractivity (Wildman–Crippen MR) is 99.8 cm³/mol. The Morgan fingerprint density at radius 3 is 2.12 bits per heavy atom. The number of rotatable bonds is 4. The highest BCUT2D eigenvalue weighted by Crippen LogP contribution is 2.59. The molecule has 25 heavy (non-hydrogen) atoms. The molecule has 0 saturated heterocycles. The van der Waals surface area contributed by atoms with E-state index in [0.717, 1.165) is 35.9 Å². The second kappa shape index (κ2) is 5.69. The topological polar surface area (TPSA) is 30.1 Å². The highest BCUT2D eigenvalue weighted by molar-refractivity contribution is 5.29. The monoisotopic (exact) mass is 338 g/mol. The first-order valence-corrected chi connectivity index (χ1v) is 10.2. The maximum atomic E-state index is 10.9. The van der Waals surface area contributed by atoms with Gasteiger partial charge in [-0.3, -0.25) is 4.68 Å². The van der Waals surface area contributed by atoms with Crippen molar-refractivity contribution in [2.45, 2.75) is 64.5 Å². The predicted octanol–water partition coefficient (Wildman–Crippen LogP) is 5.16. The second-order valence-corrected chi connectivity index (χ2v) is 9.17. The van der Waals surface area contributed by atoms with Gasteiger partial charge in [0.05, 0.1) is 18.3 Å². The summed E-state index contributed by atoms with van der Waals surface area (Å²) >= 11 is 0. The molecule has 0 amide bonds. The van der Waals surface area contributed by atoms with Crippen LogP contribution < -0.4 is 0 Å². The van der Waals surface area contributed by atoms with Gasteiger partial charge in [-0.05, 0) is 61.3 Å². The van der Waals surface area contributed by atoms with E-state index in [-0.39, 0.29) is 0 Å². The first-order valence-electron chi connectivity index (χ1n) is 10.2. The average Bonchev–Trinajstić information content (AvgIpc) is 2.57. The van der Waals surface area contributed by atoms with E-state index in [1.165, 1.54) is 37.7 Å². The smallest absolute Gasteiger partial charge is 0.228 e. The quantitative estimate of drug-likeness (QED) is 0.819. The normalized spacial score (nSPS) is 33.5. The maximum Gasteiger partial charge on any atom is 0.228 e. The molecule has 1 aromatic carbocycles. The molecule has 1 N–H and O–H groups in total. The standard InChI is InChI=1S/C22H30N2O/c1-14(2)20-22(25)24(23(20)13-15-6-4-3-5-7-15)21-18-9-16-8-17(11-18)12-19(21)10-16/h3-7,14,16-19,21,25H,8-13H2,1-2H3. The van der Waals surface area contributed by atoms with E-state index in [9.17, 15) is 5.11 Å². The molecule has 1 aromatic heterocycles. The van der Waals surface area contributed by atoms with Gasteiger partial charge in [0.25, 0.3) is 0 Å². The fourth-order valence-electron chi connectivity index (χ4n) is 6.49. The van der Waals surface area contributed by atoms with Crippen molar-refractivity contribution in [2.24, 2.45) is 23.7 Å². The first kappa shape index (κ1) is 15.6. The third-order valence-electron chi connectivity index (χ3n) is 7.17. The Kier molecular flexibility index (Phi) is 3.55. The van der Waals surface area contributed by atoms with Crippen molar-refractivity contribution in [1.82, 2.24) is 9.36 Å². The van der Waals surface area contributed by atoms with Crippen LogP contribution in [0.2, 0.25) is 0 Å². The number of aromatic hydroxyl groups is 1. The van der Waals surface area contributed by atoms with Gasteiger partial charge in [-0.15, -0.1) is 0 Å². The second-order valence-electron chi connectivity index (χ2n) is 9.17. The van der Waals surface area contributed by atoms with E-state index in [1.807, 2.05) is 0 Å². The highest BCUT2D eigenvalue weighted by atomic mass is 16.3. The van der Waals surface area contributed by atoms with E-state index < -0.39 is 0 Å². The number of aromatic nitrogens is 2. The van der Waals surface area contributed by atoms with Gasteiger partial charge in [0, 0.05) is 5.92 Å². The minimum atomic E-state index is 0.358. The van der Waals surface area contributed by atoms with Crippen LogP contribution in [0.5, 0.6) is 5.88 Å². The molecule has 0 unspecified atom stereocenters. The zero-order valence-electron chi connectivity index (χ0n) is 15.4. The first-order chi connectivity index (χ1) is 12.1. The van der Waals surface area contributed by atoms with Crippen LogP contribution >= 0.6 is 0 Å². The van der Waals surface area contributed by atoms with Crippen LogP contribution in [0.1, 0.15) is 69.2 Å². The van der Waals surface area contributed by atoms with Crippen molar-refractivity contribution >= 4 is 0 Å². The minimum absolute atomic E-state index is 0.358. The van der Waals surface area contributed by atoms with Crippen molar-refractivity contribution in [1.29, 1.82) is 0 Å². The molecule has 0 spiro atoms. The minimum Gasteiger partial charge on any atom is -0.492 e. The van der Waals surface area contributed by atoms with Crippen molar-refractivity contribution in [3.63, 3.8) is 0 Å². The lowest BCUT2D eigenvalue weighted by atomic mass is 9.54. The number of hydrogen-bond acceptors (Lipinski definition) is 1. The molecule has 4 saturated carbocycles. The summed E-state index contributed by atoms with van der Waals surface area (Å²) in [5.74, 6) is 4.42. The molecule has 134 valence electrons. The Bertz CT molecular complexity index is 727. The summed E-state index contributed by atoms with van der Waals surface area (Å²) in [6, 6.07) is 11.2. The summed E-state index contributed by atoms with van der Waals surface area (Å²) in [7, 11) is 0. The molecule has 4 aliphatic rings. The Balaban J connectivity index is 1.52. The molecule has 0 atom stereocenters. The van der Waals surface area contributed by atoms with Crippen molar-refractivity contribution in [2.75, 3.05) is 0 Å². The van der Waals surface area contributed by atoms with Gasteiger partial charge >= 0.3 is 0 Å². The van der Waals surface area contributed by atoms with Gasteiger partial charge in [-0.2, -0.15) is 0 Å². The molecule has 6 rings (SSSR count). The molecule has 4 aliphatic carbocycles. The molecule has 3 nitrogen and oxygen atoms in total. The lowest BCUT2D eigenvalue weighted by molar-refractivity contribution is -0.0463. The van der Waals surface area contributed by atoms with Crippen LogP contribution in [0.3, 0.4) is 0 Å². The fourth-order valence-corrected chi connectivity index (χ4v) is 6.49. The maximum absolute atomic E-state index is 10.9. The fraction of sp³-hybridized carbons (Fsp3) is 0.636. The molecular weight excluding hydrogens is 308 g/mol. The van der Waals surface area contributed by atoms with Crippen LogP contribution in [0.15, 0.2) is 30.3 Å². The van der Waals surface area contributed by atoms with Gasteiger partial charge in [0.1, 0.15) is 0 Å². The van der Waals surface area contributed by atoms with E-state index >= 15 is 0 Å². The molecular formula is C22H30N2O. The molecule has 3 heteroatoms. The Labute approximate surface area is 150 Å². The lowest BCUT2D eigenvalue weighted by Gasteiger charge is -2.56. The van der Waals surface area contributed by atoms with E-state index in [2.05, 4.69) is 53.5 Å². The van der Waals surface area contributed by atoms with Crippen molar-refractivity contribution < 1.29 is 5.11 Å². The third kappa shape index (κ3) is 2.38. The number of benzene rings is 1. The van der Waals surface area contributed by atoms with Crippen molar-refractivity contribution in [3.8, 4) is 5.88 Å². The van der Waals surface area contributed by atoms with E-state index in [1.54, 1.807) is 0 Å². The van der Waals surface area contributed by atoms with Crippen LogP contribution in [0.25, 0.3) is 0 Å². The molecule has 2 aromatic rings. The van der Waals surface area contributed by atoms with Crippen LogP contribution in [-0.4, -0.2) is 14.5 Å². The number of nitrogens with zero attached hydrogens (tertiary/aromatic N) is 2. The zero-order chi connectivity index (χ0) is 17.1. The Morgan fingerprint density at radius 1 is 0.960 bits per heavy atom. The summed E-state index contributed by atoms with van der Waals surface area (Å²) < 4.78 is 4.69. The van der Waals surface area contributed by atoms with Crippen LogP contribution in [0.4, 0.5) is 0 Å². The SMILES string of the molecule is CC(C)c1c(O)n(C2C3CC4CC(C3)CC2C4)n1Cc1ccccc1. The summed E-state index contributed by atoms with van der Waals surface area (Å²) in [5, 5.41) is 10.9. The summed E-state index contributed by atoms with van der Waals surface area (Å²) in [4.78, 5) is 0. The van der Waals surface area contributed by atoms with Gasteiger partial charge in [-0.25, -0.2) is 4.68 Å². The molecule has 4 fully saturated rings. The number of hydrogen-bond donors (Lipinski definition) is 1. The molecule has 4 bridgehead atoms. The molecule has 1 heterocycles. The lowest BCUT2D eigenvalue weighted by Crippen LogP contribution is -2.49. The van der Waals surface area contributed by atoms with E-state index in [4.69, 9.17) is 0 Å².